The number of pyridine rings is 1. The Kier molecular flexibility index (Phi) is 3.94. The number of hydrogen-bond acceptors (Lipinski definition) is 2. The van der Waals surface area contributed by atoms with Gasteiger partial charge < -0.3 is 0 Å². The first-order chi connectivity index (χ1) is 12.9. The van der Waals surface area contributed by atoms with E-state index in [9.17, 15) is 4.79 Å². The first-order valence-electron chi connectivity index (χ1n) is 11.1. The third-order valence-corrected chi connectivity index (χ3v) is 9.41. The maximum atomic E-state index is 12.2. The molecule has 0 radical (unpaired) electrons. The lowest BCUT2D eigenvalue weighted by Gasteiger charge is -2.62. The zero-order valence-electron chi connectivity index (χ0n) is 17.1. The number of nitrogens with zero attached hydrogens (tertiary/aromatic N) is 1. The van der Waals surface area contributed by atoms with Crippen LogP contribution in [0.15, 0.2) is 30.6 Å². The van der Waals surface area contributed by atoms with Crippen molar-refractivity contribution >= 4 is 11.4 Å². The van der Waals surface area contributed by atoms with Crippen LogP contribution in [0.25, 0.3) is 5.57 Å². The summed E-state index contributed by atoms with van der Waals surface area (Å²) >= 11 is 0. The van der Waals surface area contributed by atoms with Crippen molar-refractivity contribution in [3.8, 4) is 0 Å². The van der Waals surface area contributed by atoms with Gasteiger partial charge in [-0.15, -0.1) is 0 Å². The van der Waals surface area contributed by atoms with Crippen molar-refractivity contribution in [1.29, 1.82) is 0 Å². The quantitative estimate of drug-likeness (QED) is 0.619. The molecule has 144 valence electrons. The van der Waals surface area contributed by atoms with Crippen LogP contribution in [-0.2, 0) is 4.79 Å². The maximum absolute atomic E-state index is 12.2. The normalized spacial score (nSPS) is 46.3. The van der Waals surface area contributed by atoms with E-state index in [0.717, 1.165) is 37.0 Å². The Morgan fingerprint density at radius 1 is 1.15 bits per heavy atom. The van der Waals surface area contributed by atoms with E-state index in [-0.39, 0.29) is 0 Å². The van der Waals surface area contributed by atoms with Crippen molar-refractivity contribution in [2.24, 2.45) is 40.4 Å². The summed E-state index contributed by atoms with van der Waals surface area (Å²) in [7, 11) is 0. The first-order valence-corrected chi connectivity index (χ1v) is 11.1. The molecule has 27 heavy (non-hydrogen) atoms. The number of carbonyl (C=O) groups excluding carboxylic acids is 1. The van der Waals surface area contributed by atoms with Crippen LogP contribution in [0.1, 0.15) is 71.3 Å². The van der Waals surface area contributed by atoms with Crippen LogP contribution < -0.4 is 0 Å². The van der Waals surface area contributed by atoms with E-state index < -0.39 is 0 Å². The van der Waals surface area contributed by atoms with E-state index >= 15 is 0 Å². The maximum Gasteiger partial charge on any atom is 0.133 e. The Bertz CT molecular complexity index is 783. The molecule has 4 aliphatic rings. The van der Waals surface area contributed by atoms with Gasteiger partial charge in [-0.3, -0.25) is 9.78 Å². The average Bonchev–Trinajstić information content (AvgIpc) is 3.01. The monoisotopic (exact) mass is 363 g/mol. The third-order valence-electron chi connectivity index (χ3n) is 9.41. The second-order valence-electron chi connectivity index (χ2n) is 10.5. The molecule has 0 saturated heterocycles. The SMILES string of the molecule is CC1CC2C3CC=C(c4cccnc4)C3(C)CCC2C2(C)CCC(=O)CC12. The fourth-order valence-corrected chi connectivity index (χ4v) is 8.05. The van der Waals surface area contributed by atoms with Gasteiger partial charge in [0.05, 0.1) is 0 Å². The van der Waals surface area contributed by atoms with Gasteiger partial charge in [0.25, 0.3) is 0 Å². The Balaban J connectivity index is 1.48. The number of ketones is 1. The number of Topliss-reactive ketones (excluding diaryl/α,β-unsaturated/α-hetero) is 1. The molecule has 7 unspecified atom stereocenters. The Hall–Kier alpha value is -1.44. The zero-order valence-corrected chi connectivity index (χ0v) is 17.1. The van der Waals surface area contributed by atoms with Gasteiger partial charge in [0.15, 0.2) is 0 Å². The van der Waals surface area contributed by atoms with Crippen LogP contribution in [0, 0.1) is 40.4 Å². The minimum atomic E-state index is 0.303. The van der Waals surface area contributed by atoms with Crippen molar-refractivity contribution in [3.63, 3.8) is 0 Å². The second-order valence-corrected chi connectivity index (χ2v) is 10.5. The van der Waals surface area contributed by atoms with E-state index in [1.807, 2.05) is 6.20 Å². The highest BCUT2D eigenvalue weighted by Gasteiger charge is 2.60. The molecule has 7 atom stereocenters. The average molecular weight is 364 g/mol. The number of hydrogen-bond donors (Lipinski definition) is 0. The van der Waals surface area contributed by atoms with E-state index in [2.05, 4.69) is 50.2 Å². The smallest absolute Gasteiger partial charge is 0.133 e. The van der Waals surface area contributed by atoms with Crippen molar-refractivity contribution in [3.05, 3.63) is 36.2 Å². The minimum Gasteiger partial charge on any atom is -0.300 e. The minimum absolute atomic E-state index is 0.303. The standard InChI is InChI=1S/C25H33NO/c1-16-13-19-21-7-6-20(17-5-4-12-26-15-17)24(21,2)11-9-22(19)25(3)10-8-18(27)14-23(16)25/h4-6,12,15-16,19,21-23H,7-11,13-14H2,1-3H3. The summed E-state index contributed by atoms with van der Waals surface area (Å²) in [6.45, 7) is 7.52. The number of aromatic nitrogens is 1. The molecule has 3 saturated carbocycles. The highest BCUT2D eigenvalue weighted by Crippen LogP contribution is 2.68. The lowest BCUT2D eigenvalue weighted by molar-refractivity contribution is -0.144. The number of allylic oxidation sites excluding steroid dienone is 2. The van der Waals surface area contributed by atoms with Crippen LogP contribution in [0.3, 0.4) is 0 Å². The largest absolute Gasteiger partial charge is 0.300 e. The Morgan fingerprint density at radius 2 is 2.00 bits per heavy atom. The molecule has 2 nitrogen and oxygen atoms in total. The van der Waals surface area contributed by atoms with Crippen LogP contribution >= 0.6 is 0 Å². The highest BCUT2D eigenvalue weighted by atomic mass is 16.1. The molecule has 4 aliphatic carbocycles. The summed E-state index contributed by atoms with van der Waals surface area (Å²) in [5.74, 6) is 4.22. The van der Waals surface area contributed by atoms with E-state index in [1.54, 1.807) is 5.57 Å². The predicted molar refractivity (Wildman–Crippen MR) is 109 cm³/mol. The summed E-state index contributed by atoms with van der Waals surface area (Å²) in [5.41, 5.74) is 3.57. The third kappa shape index (κ3) is 2.44. The second kappa shape index (κ2) is 6.03. The summed E-state index contributed by atoms with van der Waals surface area (Å²) in [4.78, 5) is 16.6. The fraction of sp³-hybridized carbons (Fsp3) is 0.680. The molecule has 1 heterocycles. The van der Waals surface area contributed by atoms with Gasteiger partial charge in [0.1, 0.15) is 5.78 Å². The van der Waals surface area contributed by atoms with Gasteiger partial charge in [0.2, 0.25) is 0 Å². The van der Waals surface area contributed by atoms with Crippen molar-refractivity contribution in [2.75, 3.05) is 0 Å². The summed E-state index contributed by atoms with van der Waals surface area (Å²) < 4.78 is 0. The van der Waals surface area contributed by atoms with Crippen LogP contribution in [0.4, 0.5) is 0 Å². The van der Waals surface area contributed by atoms with Crippen LogP contribution in [-0.4, -0.2) is 10.8 Å². The Morgan fingerprint density at radius 3 is 2.78 bits per heavy atom. The Labute approximate surface area is 163 Å². The molecule has 1 aromatic rings. The molecule has 1 aromatic heterocycles. The van der Waals surface area contributed by atoms with Gasteiger partial charge in [-0.25, -0.2) is 0 Å². The molecule has 0 aliphatic heterocycles. The molecule has 0 bridgehead atoms. The lowest BCUT2D eigenvalue weighted by Crippen LogP contribution is -2.55. The molecule has 5 rings (SSSR count). The lowest BCUT2D eigenvalue weighted by atomic mass is 9.43. The molecular formula is C25H33NO. The zero-order chi connectivity index (χ0) is 18.8. The van der Waals surface area contributed by atoms with Crippen LogP contribution in [0.5, 0.6) is 0 Å². The number of fused-ring (bicyclic) bond motifs is 5. The number of rotatable bonds is 1. The molecule has 0 aromatic carbocycles. The van der Waals surface area contributed by atoms with E-state index in [1.165, 1.54) is 31.2 Å². The van der Waals surface area contributed by atoms with Crippen molar-refractivity contribution in [2.45, 2.75) is 65.7 Å². The van der Waals surface area contributed by atoms with E-state index in [0.29, 0.717) is 28.4 Å². The van der Waals surface area contributed by atoms with Crippen LogP contribution in [0.2, 0.25) is 0 Å². The van der Waals surface area contributed by atoms with Gasteiger partial charge in [0, 0.05) is 25.2 Å². The molecular weight excluding hydrogens is 330 g/mol. The van der Waals surface area contributed by atoms with Crippen molar-refractivity contribution < 1.29 is 4.79 Å². The van der Waals surface area contributed by atoms with Gasteiger partial charge in [-0.1, -0.05) is 32.9 Å². The molecule has 0 N–H and O–H groups in total. The first kappa shape index (κ1) is 17.6. The van der Waals surface area contributed by atoms with Gasteiger partial charge >= 0.3 is 0 Å². The number of carbonyl (C=O) groups is 1. The highest BCUT2D eigenvalue weighted by molar-refractivity contribution is 5.79. The van der Waals surface area contributed by atoms with Gasteiger partial charge in [-0.05, 0) is 89.7 Å². The summed E-state index contributed by atoms with van der Waals surface area (Å²) in [6, 6.07) is 4.32. The summed E-state index contributed by atoms with van der Waals surface area (Å²) in [6.07, 6.45) is 14.5. The topological polar surface area (TPSA) is 30.0 Å². The molecule has 0 amide bonds. The molecule has 0 spiro atoms. The fourth-order valence-electron chi connectivity index (χ4n) is 8.05. The van der Waals surface area contributed by atoms with Gasteiger partial charge in [-0.2, -0.15) is 0 Å². The molecule has 2 heteroatoms. The predicted octanol–water partition coefficient (Wildman–Crippen LogP) is 5.93. The van der Waals surface area contributed by atoms with Crippen molar-refractivity contribution in [1.82, 2.24) is 4.98 Å². The van der Waals surface area contributed by atoms with E-state index in [4.69, 9.17) is 0 Å². The summed E-state index contributed by atoms with van der Waals surface area (Å²) in [5, 5.41) is 0. The molecule has 3 fully saturated rings.